The summed E-state index contributed by atoms with van der Waals surface area (Å²) >= 11 is 3.31. The van der Waals surface area contributed by atoms with Crippen molar-refractivity contribution in [3.05, 3.63) is 68.8 Å². The zero-order valence-corrected chi connectivity index (χ0v) is 11.9. The molecule has 19 heavy (non-hydrogen) atoms. The summed E-state index contributed by atoms with van der Waals surface area (Å²) < 4.78 is 15.9. The number of hydrogen-bond acceptors (Lipinski definition) is 2. The van der Waals surface area contributed by atoms with Gasteiger partial charge in [0.2, 0.25) is 0 Å². The van der Waals surface area contributed by atoms with Crippen molar-refractivity contribution in [1.82, 2.24) is 9.88 Å². The minimum Gasteiger partial charge on any atom is -0.314 e. The third kappa shape index (κ3) is 4.01. The van der Waals surface area contributed by atoms with Crippen molar-refractivity contribution in [3.63, 3.8) is 0 Å². The Morgan fingerprint density at radius 1 is 1.26 bits per heavy atom. The van der Waals surface area contributed by atoms with E-state index in [1.165, 1.54) is 12.1 Å². The Bertz CT molecular complexity index is 612. The lowest BCUT2D eigenvalue weighted by Crippen LogP contribution is -2.26. The van der Waals surface area contributed by atoms with Crippen LogP contribution in [0.5, 0.6) is 0 Å². The van der Waals surface area contributed by atoms with Gasteiger partial charge in [0.25, 0.3) is 5.56 Å². The van der Waals surface area contributed by atoms with E-state index in [0.29, 0.717) is 25.2 Å². The number of nitrogens with one attached hydrogen (secondary N) is 1. The Labute approximate surface area is 119 Å². The molecule has 0 radical (unpaired) electrons. The molecule has 0 saturated carbocycles. The highest BCUT2D eigenvalue weighted by atomic mass is 79.9. The predicted octanol–water partition coefficient (Wildman–Crippen LogP) is 2.54. The van der Waals surface area contributed by atoms with Crippen LogP contribution in [0.25, 0.3) is 0 Å². The zero-order valence-electron chi connectivity index (χ0n) is 10.3. The highest BCUT2D eigenvalue weighted by Gasteiger charge is 2.02. The largest absolute Gasteiger partial charge is 0.314 e. The van der Waals surface area contributed by atoms with Crippen molar-refractivity contribution in [2.75, 3.05) is 6.54 Å². The van der Waals surface area contributed by atoms with E-state index in [2.05, 4.69) is 21.2 Å². The zero-order chi connectivity index (χ0) is 13.7. The van der Waals surface area contributed by atoms with Gasteiger partial charge in [-0.2, -0.15) is 0 Å². The predicted molar refractivity (Wildman–Crippen MR) is 76.5 cm³/mol. The summed E-state index contributed by atoms with van der Waals surface area (Å²) in [5.74, 6) is -0.229. The Morgan fingerprint density at radius 2 is 2.11 bits per heavy atom. The Morgan fingerprint density at radius 3 is 2.89 bits per heavy atom. The van der Waals surface area contributed by atoms with Gasteiger partial charge in [-0.1, -0.05) is 22.0 Å². The number of benzene rings is 1. The third-order valence-electron chi connectivity index (χ3n) is 2.75. The molecule has 0 aliphatic heterocycles. The van der Waals surface area contributed by atoms with Crippen LogP contribution in [0, 0.1) is 5.82 Å². The fraction of sp³-hybridized carbons (Fsp3) is 0.214. The molecule has 2 rings (SSSR count). The lowest BCUT2D eigenvalue weighted by molar-refractivity contribution is 0.558. The number of hydrogen-bond donors (Lipinski definition) is 1. The molecule has 0 saturated heterocycles. The molecule has 0 spiro atoms. The lowest BCUT2D eigenvalue weighted by atomic mass is 10.2. The third-order valence-corrected chi connectivity index (χ3v) is 3.24. The normalized spacial score (nSPS) is 10.6. The molecular formula is C14H14BrFN2O. The molecule has 0 unspecified atom stereocenters. The second kappa shape index (κ2) is 6.63. The van der Waals surface area contributed by atoms with Crippen LogP contribution in [-0.4, -0.2) is 11.1 Å². The summed E-state index contributed by atoms with van der Waals surface area (Å²) in [4.78, 5) is 11.5. The molecule has 0 amide bonds. The van der Waals surface area contributed by atoms with E-state index >= 15 is 0 Å². The molecule has 0 fully saturated rings. The molecule has 1 heterocycles. The summed E-state index contributed by atoms with van der Waals surface area (Å²) in [6, 6.07) is 9.90. The van der Waals surface area contributed by atoms with E-state index < -0.39 is 0 Å². The molecule has 0 aliphatic carbocycles. The average Bonchev–Trinajstić information content (AvgIpc) is 2.40. The van der Waals surface area contributed by atoms with Gasteiger partial charge < -0.3 is 9.88 Å². The molecular weight excluding hydrogens is 311 g/mol. The van der Waals surface area contributed by atoms with Gasteiger partial charge in [0.15, 0.2) is 0 Å². The first-order valence-electron chi connectivity index (χ1n) is 5.97. The van der Waals surface area contributed by atoms with Gasteiger partial charge in [-0.25, -0.2) is 4.39 Å². The fourth-order valence-electron chi connectivity index (χ4n) is 1.75. The SMILES string of the molecule is O=c1ccccn1CCNCc1cc(Br)ccc1F. The summed E-state index contributed by atoms with van der Waals surface area (Å²) in [7, 11) is 0. The van der Waals surface area contributed by atoms with Crippen molar-refractivity contribution >= 4 is 15.9 Å². The smallest absolute Gasteiger partial charge is 0.250 e. The molecule has 0 bridgehead atoms. The summed E-state index contributed by atoms with van der Waals surface area (Å²) in [6.07, 6.45) is 1.74. The van der Waals surface area contributed by atoms with Crippen molar-refractivity contribution in [1.29, 1.82) is 0 Å². The monoisotopic (exact) mass is 324 g/mol. The van der Waals surface area contributed by atoms with E-state index in [1.807, 2.05) is 6.07 Å². The standard InChI is InChI=1S/C14H14BrFN2O/c15-12-4-5-13(16)11(9-12)10-17-6-8-18-7-2-1-3-14(18)19/h1-5,7,9,17H,6,8,10H2. The van der Waals surface area contributed by atoms with Crippen LogP contribution in [-0.2, 0) is 13.1 Å². The van der Waals surface area contributed by atoms with Crippen LogP contribution in [0.15, 0.2) is 51.9 Å². The summed E-state index contributed by atoms with van der Waals surface area (Å²) in [6.45, 7) is 1.61. The molecule has 100 valence electrons. The Kier molecular flexibility index (Phi) is 4.87. The first kappa shape index (κ1) is 14.0. The van der Waals surface area contributed by atoms with Crippen LogP contribution in [0.2, 0.25) is 0 Å². The molecule has 2 aromatic rings. The second-order valence-corrected chi connectivity index (χ2v) is 5.06. The van der Waals surface area contributed by atoms with Crippen molar-refractivity contribution < 1.29 is 4.39 Å². The maximum absolute atomic E-state index is 13.5. The van der Waals surface area contributed by atoms with Crippen molar-refractivity contribution in [2.45, 2.75) is 13.1 Å². The van der Waals surface area contributed by atoms with Crippen LogP contribution in [0.4, 0.5) is 4.39 Å². The van der Waals surface area contributed by atoms with Gasteiger partial charge in [-0.15, -0.1) is 0 Å². The average molecular weight is 325 g/mol. The number of rotatable bonds is 5. The number of nitrogens with zero attached hydrogens (tertiary/aromatic N) is 1. The highest BCUT2D eigenvalue weighted by molar-refractivity contribution is 9.10. The maximum Gasteiger partial charge on any atom is 0.250 e. The van der Waals surface area contributed by atoms with E-state index in [4.69, 9.17) is 0 Å². The number of pyridine rings is 1. The first-order valence-corrected chi connectivity index (χ1v) is 6.76. The maximum atomic E-state index is 13.5. The molecule has 5 heteroatoms. The van der Waals surface area contributed by atoms with Crippen LogP contribution in [0.3, 0.4) is 0 Å². The van der Waals surface area contributed by atoms with Gasteiger partial charge in [-0.05, 0) is 24.3 Å². The summed E-state index contributed by atoms with van der Waals surface area (Å²) in [5, 5.41) is 3.12. The molecule has 0 aliphatic rings. The van der Waals surface area contributed by atoms with E-state index in [9.17, 15) is 9.18 Å². The van der Waals surface area contributed by atoms with Gasteiger partial charge >= 0.3 is 0 Å². The number of aromatic nitrogens is 1. The molecule has 1 aromatic carbocycles. The Balaban J connectivity index is 1.86. The van der Waals surface area contributed by atoms with Crippen LogP contribution < -0.4 is 10.9 Å². The molecule has 0 atom stereocenters. The van der Waals surface area contributed by atoms with Crippen LogP contribution in [0.1, 0.15) is 5.56 Å². The topological polar surface area (TPSA) is 34.0 Å². The van der Waals surface area contributed by atoms with Gasteiger partial charge in [0.05, 0.1) is 0 Å². The van der Waals surface area contributed by atoms with Gasteiger partial charge in [-0.3, -0.25) is 4.79 Å². The molecule has 1 aromatic heterocycles. The Hall–Kier alpha value is -1.46. The van der Waals surface area contributed by atoms with E-state index in [1.54, 1.807) is 29.0 Å². The van der Waals surface area contributed by atoms with Gasteiger partial charge in [0, 0.05) is 41.9 Å². The van der Waals surface area contributed by atoms with E-state index in [0.717, 1.165) is 4.47 Å². The second-order valence-electron chi connectivity index (χ2n) is 4.14. The van der Waals surface area contributed by atoms with Gasteiger partial charge in [0.1, 0.15) is 5.82 Å². The minimum absolute atomic E-state index is 0.0297. The molecule has 3 nitrogen and oxygen atoms in total. The van der Waals surface area contributed by atoms with Crippen molar-refractivity contribution in [2.24, 2.45) is 0 Å². The lowest BCUT2D eigenvalue weighted by Gasteiger charge is -2.08. The van der Waals surface area contributed by atoms with Crippen LogP contribution >= 0.6 is 15.9 Å². The molecule has 1 N–H and O–H groups in total. The van der Waals surface area contributed by atoms with Crippen molar-refractivity contribution in [3.8, 4) is 0 Å². The number of halogens is 2. The van der Waals surface area contributed by atoms with E-state index in [-0.39, 0.29) is 11.4 Å². The quantitative estimate of drug-likeness (QED) is 0.857. The first-order chi connectivity index (χ1) is 9.16. The fourth-order valence-corrected chi connectivity index (χ4v) is 2.16. The summed E-state index contributed by atoms with van der Waals surface area (Å²) in [5.41, 5.74) is 0.577. The minimum atomic E-state index is -0.229. The highest BCUT2D eigenvalue weighted by Crippen LogP contribution is 2.15.